The van der Waals surface area contributed by atoms with Crippen LogP contribution in [-0.4, -0.2) is 91.3 Å². The summed E-state index contributed by atoms with van der Waals surface area (Å²) >= 11 is 0. The fourth-order valence-corrected chi connectivity index (χ4v) is 5.60. The molecule has 196 valence electrons. The topological polar surface area (TPSA) is 60.9 Å². The summed E-state index contributed by atoms with van der Waals surface area (Å²) in [5, 5.41) is 3.57. The monoisotopic (exact) mass is 493 g/mol. The summed E-state index contributed by atoms with van der Waals surface area (Å²) in [6.45, 7) is 15.4. The van der Waals surface area contributed by atoms with Gasteiger partial charge in [-0.3, -0.25) is 19.6 Å². The van der Waals surface area contributed by atoms with E-state index in [0.29, 0.717) is 24.0 Å². The van der Waals surface area contributed by atoms with E-state index in [9.17, 15) is 13.6 Å². The van der Waals surface area contributed by atoms with Gasteiger partial charge in [-0.25, -0.2) is 8.78 Å². The van der Waals surface area contributed by atoms with E-state index in [4.69, 9.17) is 4.74 Å². The third kappa shape index (κ3) is 5.53. The Bertz CT molecular complexity index is 912. The van der Waals surface area contributed by atoms with Gasteiger partial charge in [-0.2, -0.15) is 0 Å². The second kappa shape index (κ2) is 10.4. The third-order valence-electron chi connectivity index (χ3n) is 7.85. The van der Waals surface area contributed by atoms with Crippen LogP contribution in [0.2, 0.25) is 0 Å². The third-order valence-corrected chi connectivity index (χ3v) is 7.85. The number of piperazine rings is 1. The second-order valence-electron chi connectivity index (χ2n) is 11.0. The van der Waals surface area contributed by atoms with Crippen LogP contribution < -0.4 is 10.2 Å². The fourth-order valence-electron chi connectivity index (χ4n) is 5.60. The summed E-state index contributed by atoms with van der Waals surface area (Å²) in [6.07, 6.45) is 2.01. The number of halogens is 2. The molecule has 2 saturated heterocycles. The van der Waals surface area contributed by atoms with Crippen LogP contribution in [-0.2, 0) is 20.9 Å². The number of amides is 1. The summed E-state index contributed by atoms with van der Waals surface area (Å²) in [4.78, 5) is 24.5. The second-order valence-corrected chi connectivity index (χ2v) is 11.0. The van der Waals surface area contributed by atoms with Gasteiger partial charge in [-0.1, -0.05) is 27.7 Å². The highest BCUT2D eigenvalue weighted by Gasteiger charge is 2.42. The largest absolute Gasteiger partial charge is 0.378 e. The molecule has 1 aromatic rings. The lowest BCUT2D eigenvalue weighted by molar-refractivity contribution is -0.121. The molecule has 0 bridgehead atoms. The van der Waals surface area contributed by atoms with Crippen LogP contribution in [0.5, 0.6) is 0 Å². The first-order chi connectivity index (χ1) is 16.6. The van der Waals surface area contributed by atoms with Gasteiger partial charge in [0, 0.05) is 74.4 Å². The van der Waals surface area contributed by atoms with Crippen molar-refractivity contribution in [3.8, 4) is 0 Å². The molecule has 7 nitrogen and oxygen atoms in total. The molecule has 4 rings (SSSR count). The van der Waals surface area contributed by atoms with Crippen molar-refractivity contribution in [2.75, 3.05) is 57.4 Å². The van der Waals surface area contributed by atoms with Gasteiger partial charge in [0.2, 0.25) is 5.91 Å². The number of morpholine rings is 1. The van der Waals surface area contributed by atoms with Crippen molar-refractivity contribution in [3.05, 3.63) is 23.5 Å². The molecule has 0 aromatic carbocycles. The minimum absolute atomic E-state index is 0.0521. The molecule has 0 aliphatic carbocycles. The number of alkyl halides is 2. The number of fused-ring (bicyclic) bond motifs is 1. The van der Waals surface area contributed by atoms with Gasteiger partial charge in [0.25, 0.3) is 5.92 Å². The Balaban J connectivity index is 1.53. The number of aromatic nitrogens is 1. The lowest BCUT2D eigenvalue weighted by Crippen LogP contribution is -2.62. The molecule has 35 heavy (non-hydrogen) atoms. The molecule has 1 aromatic heterocycles. The number of carbonyl (C=O) groups is 1. The van der Waals surface area contributed by atoms with Crippen molar-refractivity contribution < 1.29 is 18.3 Å². The molecule has 0 radical (unpaired) electrons. The summed E-state index contributed by atoms with van der Waals surface area (Å²) in [5.74, 6) is -3.01. The predicted molar refractivity (Wildman–Crippen MR) is 133 cm³/mol. The van der Waals surface area contributed by atoms with Crippen LogP contribution in [0.15, 0.2) is 12.3 Å². The zero-order chi connectivity index (χ0) is 25.4. The van der Waals surface area contributed by atoms with E-state index in [-0.39, 0.29) is 41.9 Å². The van der Waals surface area contributed by atoms with Crippen molar-refractivity contribution in [3.63, 3.8) is 0 Å². The lowest BCUT2D eigenvalue weighted by atomic mass is 9.91. The smallest absolute Gasteiger partial charge is 0.274 e. The van der Waals surface area contributed by atoms with Crippen LogP contribution in [0.4, 0.5) is 14.5 Å². The Hall–Kier alpha value is -1.68. The van der Waals surface area contributed by atoms with E-state index >= 15 is 0 Å². The maximum Gasteiger partial charge on any atom is 0.274 e. The first-order valence-corrected chi connectivity index (χ1v) is 13.0. The first-order valence-electron chi connectivity index (χ1n) is 13.0. The Kier molecular flexibility index (Phi) is 7.81. The summed E-state index contributed by atoms with van der Waals surface area (Å²) < 4.78 is 34.6. The van der Waals surface area contributed by atoms with Crippen LogP contribution in [0.1, 0.15) is 58.7 Å². The van der Waals surface area contributed by atoms with E-state index in [1.807, 2.05) is 13.8 Å². The van der Waals surface area contributed by atoms with E-state index in [1.54, 1.807) is 4.90 Å². The SMILES string of the molecule is CC[C@H]1COCCN1C[C@H]1CN[C@H](C)CN1CC(=O)N1CC(C)(C)c2ncc(C(F)(F)CC)cc21. The summed E-state index contributed by atoms with van der Waals surface area (Å²) in [5.41, 5.74) is 0.736. The number of anilines is 1. The number of nitrogens with one attached hydrogen (secondary N) is 1. The molecule has 3 atom stereocenters. The summed E-state index contributed by atoms with van der Waals surface area (Å²) in [6, 6.07) is 2.36. The zero-order valence-corrected chi connectivity index (χ0v) is 21.8. The number of nitrogens with zero attached hydrogens (tertiary/aromatic N) is 4. The molecule has 2 fully saturated rings. The van der Waals surface area contributed by atoms with E-state index < -0.39 is 5.92 Å². The van der Waals surface area contributed by atoms with Crippen LogP contribution in [0, 0.1) is 0 Å². The van der Waals surface area contributed by atoms with Gasteiger partial charge >= 0.3 is 0 Å². The predicted octanol–water partition coefficient (Wildman–Crippen LogP) is 2.98. The maximum atomic E-state index is 14.5. The average Bonchev–Trinajstić information content (AvgIpc) is 3.11. The minimum atomic E-state index is -2.96. The highest BCUT2D eigenvalue weighted by atomic mass is 19.3. The molecule has 1 N–H and O–H groups in total. The quantitative estimate of drug-likeness (QED) is 0.630. The van der Waals surface area contributed by atoms with Crippen molar-refractivity contribution in [2.45, 2.75) is 76.9 Å². The number of rotatable bonds is 7. The molecule has 3 aliphatic rings. The molecule has 0 spiro atoms. The lowest BCUT2D eigenvalue weighted by Gasteiger charge is -2.44. The van der Waals surface area contributed by atoms with E-state index in [2.05, 4.69) is 33.9 Å². The molecule has 0 saturated carbocycles. The van der Waals surface area contributed by atoms with Crippen LogP contribution >= 0.6 is 0 Å². The Morgan fingerprint density at radius 2 is 2.06 bits per heavy atom. The van der Waals surface area contributed by atoms with E-state index in [1.165, 1.54) is 19.2 Å². The number of carbonyl (C=O) groups excluding carboxylic acids is 1. The zero-order valence-electron chi connectivity index (χ0n) is 21.8. The first kappa shape index (κ1) is 26.4. The Morgan fingerprint density at radius 3 is 2.77 bits per heavy atom. The minimum Gasteiger partial charge on any atom is -0.378 e. The highest BCUT2D eigenvalue weighted by molar-refractivity contribution is 5.97. The van der Waals surface area contributed by atoms with Gasteiger partial charge in [0.15, 0.2) is 0 Å². The number of ether oxygens (including phenoxy) is 1. The fraction of sp³-hybridized carbons (Fsp3) is 0.769. The van der Waals surface area contributed by atoms with Gasteiger partial charge in [-0.05, 0) is 19.4 Å². The standard InChI is InChI=1S/C26H41F2N5O2/c1-6-20-16-35-9-8-31(20)14-21-12-29-18(3)13-32(21)15-23(34)33-17-25(4,5)24-22(33)10-19(11-30-24)26(27,28)7-2/h10-11,18,20-21,29H,6-9,12-17H2,1-5H3/t18-,20+,21-/m1/s1. The normalized spacial score (nSPS) is 27.7. The number of hydrogen-bond donors (Lipinski definition) is 1. The average molecular weight is 494 g/mol. The number of pyridine rings is 1. The van der Waals surface area contributed by atoms with Crippen LogP contribution in [0.3, 0.4) is 0 Å². The molecule has 9 heteroatoms. The van der Waals surface area contributed by atoms with Crippen LogP contribution in [0.25, 0.3) is 0 Å². The molecule has 3 aliphatic heterocycles. The molecule has 1 amide bonds. The van der Waals surface area contributed by atoms with Crippen molar-refractivity contribution >= 4 is 11.6 Å². The highest BCUT2D eigenvalue weighted by Crippen LogP contribution is 2.42. The van der Waals surface area contributed by atoms with Gasteiger partial charge in [0.05, 0.1) is 31.1 Å². The van der Waals surface area contributed by atoms with E-state index in [0.717, 1.165) is 45.8 Å². The van der Waals surface area contributed by atoms with Gasteiger partial charge < -0.3 is 15.0 Å². The van der Waals surface area contributed by atoms with Gasteiger partial charge in [0.1, 0.15) is 0 Å². The molecule has 0 unspecified atom stereocenters. The number of hydrogen-bond acceptors (Lipinski definition) is 6. The van der Waals surface area contributed by atoms with Crippen molar-refractivity contribution in [1.29, 1.82) is 0 Å². The van der Waals surface area contributed by atoms with Crippen molar-refractivity contribution in [1.82, 2.24) is 20.1 Å². The molecular weight excluding hydrogens is 452 g/mol. The van der Waals surface area contributed by atoms with Gasteiger partial charge in [-0.15, -0.1) is 0 Å². The Morgan fingerprint density at radius 1 is 1.29 bits per heavy atom. The maximum absolute atomic E-state index is 14.5. The molecular formula is C26H41F2N5O2. The Labute approximate surface area is 208 Å². The summed E-state index contributed by atoms with van der Waals surface area (Å²) in [7, 11) is 0. The van der Waals surface area contributed by atoms with Crippen molar-refractivity contribution in [2.24, 2.45) is 0 Å². The molecule has 4 heterocycles.